The molecule has 2 rings (SSSR count). The normalized spacial score (nSPS) is 15.7. The van der Waals surface area contributed by atoms with Gasteiger partial charge in [0.25, 0.3) is 0 Å². The molecule has 0 spiro atoms. The van der Waals surface area contributed by atoms with E-state index in [1.54, 1.807) is 30.2 Å². The Bertz CT molecular complexity index is 265. The van der Waals surface area contributed by atoms with Crippen molar-refractivity contribution >= 4 is 68.7 Å². The van der Waals surface area contributed by atoms with Gasteiger partial charge in [0.2, 0.25) is 0 Å². The molecule has 0 bridgehead atoms. The molecular weight excluding hydrogens is 472 g/mol. The Hall–Kier alpha value is 4.46. The fourth-order valence-corrected chi connectivity index (χ4v) is 158. The third-order valence-corrected chi connectivity index (χ3v) is 89.5. The van der Waals surface area contributed by atoms with Crippen LogP contribution < -0.4 is 24.8 Å². The maximum atomic E-state index is 1.87. The zero-order valence-corrected chi connectivity index (χ0v) is 18.6. The zero-order chi connectivity index (χ0) is 7.52. The van der Waals surface area contributed by atoms with E-state index in [9.17, 15) is 0 Å². The molecule has 0 fully saturated rings. The summed E-state index contributed by atoms with van der Waals surface area (Å²) in [5.41, 5.74) is 0. The molecule has 0 nitrogen and oxygen atoms in total. The van der Waals surface area contributed by atoms with Crippen LogP contribution in [0.5, 0.6) is 0 Å². The van der Waals surface area contributed by atoms with E-state index < -0.39 is 0 Å². The number of rotatable bonds is 2. The quantitative estimate of drug-likeness (QED) is 0.632. The summed E-state index contributed by atoms with van der Waals surface area (Å²) in [4.78, 5) is 0. The molecule has 0 unspecified atom stereocenters. The predicted octanol–water partition coefficient (Wildman–Crippen LogP) is 2.62. The minimum atomic E-state index is 0. The van der Waals surface area contributed by atoms with Gasteiger partial charge in [-0.1, -0.05) is 0 Å². The van der Waals surface area contributed by atoms with Crippen LogP contribution in [0.25, 0.3) is 0 Å². The SMILES string of the molecule is [Cl-].[Cl-].p1pp[p]([Zr+2][p]2pppp2)p1. The third-order valence-electron chi connectivity index (χ3n) is 0.758. The van der Waals surface area contributed by atoms with Crippen molar-refractivity contribution in [3.05, 3.63) is 0 Å². The van der Waals surface area contributed by atoms with Gasteiger partial charge >= 0.3 is 90.8 Å². The average molecular weight is 472 g/mol. The zero-order valence-electron chi connectivity index (χ0n) is 5.73. The van der Waals surface area contributed by atoms with Crippen LogP contribution in [0.3, 0.4) is 0 Å². The van der Waals surface area contributed by atoms with Crippen molar-refractivity contribution in [3.8, 4) is 0 Å². The van der Waals surface area contributed by atoms with Crippen molar-refractivity contribution in [1.29, 1.82) is 0 Å². The van der Waals surface area contributed by atoms with Crippen LogP contribution in [0.15, 0.2) is 0 Å². The second kappa shape index (κ2) is 10.4. The second-order valence-electron chi connectivity index (χ2n) is 1.39. The summed E-state index contributed by atoms with van der Waals surface area (Å²) in [7, 11) is 14.4. The van der Waals surface area contributed by atoms with Gasteiger partial charge in [0, 0.05) is 0 Å². The predicted molar refractivity (Wildman–Crippen MR) is 69.2 cm³/mol. The molecule has 0 N–H and O–H groups in total. The van der Waals surface area contributed by atoms with Crippen LogP contribution in [0.4, 0.5) is 0 Å². The van der Waals surface area contributed by atoms with Crippen LogP contribution >= 0.6 is 68.7 Å². The Kier molecular flexibility index (Phi) is 14.0. The van der Waals surface area contributed by atoms with Gasteiger partial charge in [-0.2, -0.15) is 0 Å². The van der Waals surface area contributed by atoms with Crippen molar-refractivity contribution in [2.75, 3.05) is 0 Å². The molecule has 0 aliphatic rings. The van der Waals surface area contributed by atoms with Crippen LogP contribution in [0, 0.1) is 0 Å². The second-order valence-corrected chi connectivity index (χ2v) is 50.8. The van der Waals surface area contributed by atoms with Crippen LogP contribution in [-0.4, -0.2) is 0 Å². The van der Waals surface area contributed by atoms with Crippen molar-refractivity contribution in [2.45, 2.75) is 0 Å². The average Bonchev–Trinajstić information content (AvgIpc) is 2.60. The molecule has 13 heavy (non-hydrogen) atoms. The Morgan fingerprint density at radius 1 is 0.615 bits per heavy atom. The molecule has 0 aliphatic heterocycles. The van der Waals surface area contributed by atoms with E-state index in [0.29, 0.717) is 8.36 Å². The topological polar surface area (TPSA) is 0 Å². The van der Waals surface area contributed by atoms with Crippen LogP contribution in [-0.2, 0) is 22.1 Å². The molecule has 13 heteroatoms. The number of hydrogen-bond acceptors (Lipinski definition) is 0. The Balaban J connectivity index is 0.000000720. The van der Waals surface area contributed by atoms with Crippen molar-refractivity contribution < 1.29 is 46.9 Å². The van der Waals surface area contributed by atoms with Gasteiger partial charge < -0.3 is 24.8 Å². The Morgan fingerprint density at radius 3 is 1.23 bits per heavy atom. The van der Waals surface area contributed by atoms with Gasteiger partial charge in [-0.3, -0.25) is 0 Å². The standard InChI is InChI=1S/2ClH.2P5.Zr/c;;2*1-2-4-5-3-1;/h2*1H;;;/q;;2*-1;+4/p-2. The summed E-state index contributed by atoms with van der Waals surface area (Å²) < 4.78 is 1.28. The van der Waals surface area contributed by atoms with E-state index in [0.717, 1.165) is 0 Å². The maximum absolute atomic E-state index is 1.87. The van der Waals surface area contributed by atoms with Crippen molar-refractivity contribution in [2.24, 2.45) is 0 Å². The molecule has 2 aromatic rings. The fourth-order valence-electron chi connectivity index (χ4n) is 0.419. The summed E-state index contributed by atoms with van der Waals surface area (Å²) in [6.07, 6.45) is 0. The van der Waals surface area contributed by atoms with E-state index >= 15 is 0 Å². The van der Waals surface area contributed by atoms with Gasteiger partial charge in [-0.15, -0.1) is 0 Å². The third kappa shape index (κ3) is 6.82. The summed E-state index contributed by atoms with van der Waals surface area (Å²) in [6.45, 7) is 0. The monoisotopic (exact) mass is 470 g/mol. The molecule has 68 valence electrons. The number of halogens is 2. The molecular formula is Cl2P10Zr. The molecule has 2 aromatic heterocycles. The summed E-state index contributed by atoms with van der Waals surface area (Å²) in [6, 6.07) is 0. The van der Waals surface area contributed by atoms with Crippen molar-refractivity contribution in [1.82, 2.24) is 0 Å². The Morgan fingerprint density at radius 2 is 0.923 bits per heavy atom. The van der Waals surface area contributed by atoms with E-state index in [4.69, 9.17) is 0 Å². The molecule has 0 radical (unpaired) electrons. The fraction of sp³-hybridized carbons (Fsp3) is 0. The molecule has 0 saturated carbocycles. The van der Waals surface area contributed by atoms with Crippen LogP contribution in [0.2, 0.25) is 0 Å². The summed E-state index contributed by atoms with van der Waals surface area (Å²) in [5.74, 6) is 0. The van der Waals surface area contributed by atoms with Gasteiger partial charge in [0.1, 0.15) is 0 Å². The van der Waals surface area contributed by atoms with E-state index in [2.05, 4.69) is 0 Å². The number of hydrogen-bond donors (Lipinski definition) is 0. The van der Waals surface area contributed by atoms with Gasteiger partial charge in [0.05, 0.1) is 0 Å². The summed E-state index contributed by atoms with van der Waals surface area (Å²) in [5, 5.41) is 0. The summed E-state index contributed by atoms with van der Waals surface area (Å²) >= 11 is 0.144. The Labute approximate surface area is 114 Å². The molecule has 0 aromatic carbocycles. The first-order valence-corrected chi connectivity index (χ1v) is 25.9. The van der Waals surface area contributed by atoms with E-state index in [1.807, 2.05) is 30.2 Å². The first kappa shape index (κ1) is 17.5. The van der Waals surface area contributed by atoms with Gasteiger partial charge in [0.15, 0.2) is 0 Å². The van der Waals surface area contributed by atoms with Gasteiger partial charge in [-0.05, 0) is 0 Å². The van der Waals surface area contributed by atoms with Crippen molar-refractivity contribution in [3.63, 3.8) is 0 Å². The van der Waals surface area contributed by atoms with Gasteiger partial charge in [-0.25, -0.2) is 0 Å². The van der Waals surface area contributed by atoms with E-state index in [1.165, 1.54) is 0 Å². The minimum absolute atomic E-state index is 0. The first-order valence-electron chi connectivity index (χ1n) is 2.45. The molecule has 2 heterocycles. The van der Waals surface area contributed by atoms with E-state index in [-0.39, 0.29) is 46.9 Å². The van der Waals surface area contributed by atoms with Crippen LogP contribution in [0.1, 0.15) is 0 Å². The molecule has 0 saturated heterocycles. The first-order chi connectivity index (χ1) is 5.45. The molecule has 0 aliphatic carbocycles. The molecule has 0 amide bonds. The molecule has 0 atom stereocenters.